The number of carbonyl (C=O) groups is 1. The minimum atomic E-state index is -0.948. The molecule has 0 radical (unpaired) electrons. The lowest BCUT2D eigenvalue weighted by Crippen LogP contribution is -2.05. The van der Waals surface area contributed by atoms with Crippen LogP contribution in [0.25, 0.3) is 0 Å². The number of carboxylic acids is 1. The Morgan fingerprint density at radius 2 is 2.40 bits per heavy atom. The number of carboxylic acid groups (broad SMARTS) is 1. The molecule has 0 aromatic carbocycles. The van der Waals surface area contributed by atoms with E-state index in [0.29, 0.717) is 10.6 Å². The van der Waals surface area contributed by atoms with Gasteiger partial charge < -0.3 is 10.2 Å². The number of pyridine rings is 1. The number of rotatable bonds is 5. The van der Waals surface area contributed by atoms with E-state index in [1.165, 1.54) is 30.2 Å². The Balaban J connectivity index is 2.72. The molecular formula is C10H13NO3S. The van der Waals surface area contributed by atoms with E-state index in [2.05, 4.69) is 4.98 Å². The van der Waals surface area contributed by atoms with Crippen molar-refractivity contribution in [1.82, 2.24) is 4.98 Å². The number of aromatic carboxylic acids is 1. The van der Waals surface area contributed by atoms with Gasteiger partial charge in [-0.2, -0.15) is 0 Å². The second kappa shape index (κ2) is 5.72. The summed E-state index contributed by atoms with van der Waals surface area (Å²) < 4.78 is 0. The first-order valence-corrected chi connectivity index (χ1v) is 5.54. The smallest absolute Gasteiger partial charge is 0.336 e. The molecule has 0 saturated carbocycles. The van der Waals surface area contributed by atoms with E-state index in [0.717, 1.165) is 0 Å². The van der Waals surface area contributed by atoms with Crippen LogP contribution in [0, 0.1) is 5.92 Å². The number of hydrogen-bond acceptors (Lipinski definition) is 4. The maximum Gasteiger partial charge on any atom is 0.336 e. The van der Waals surface area contributed by atoms with E-state index >= 15 is 0 Å². The molecule has 0 fully saturated rings. The van der Waals surface area contributed by atoms with Crippen LogP contribution in [0.1, 0.15) is 17.3 Å². The van der Waals surface area contributed by atoms with Gasteiger partial charge in [0.25, 0.3) is 0 Å². The highest BCUT2D eigenvalue weighted by Gasteiger charge is 2.11. The zero-order valence-corrected chi connectivity index (χ0v) is 9.20. The minimum Gasteiger partial charge on any atom is -0.478 e. The fourth-order valence-electron chi connectivity index (χ4n) is 0.956. The monoisotopic (exact) mass is 227 g/mol. The van der Waals surface area contributed by atoms with Gasteiger partial charge in [0.2, 0.25) is 0 Å². The molecule has 0 saturated heterocycles. The Kier molecular flexibility index (Phi) is 4.58. The zero-order chi connectivity index (χ0) is 11.3. The summed E-state index contributed by atoms with van der Waals surface area (Å²) in [7, 11) is 0. The van der Waals surface area contributed by atoms with Gasteiger partial charge in [0.15, 0.2) is 0 Å². The summed E-state index contributed by atoms with van der Waals surface area (Å²) in [5.74, 6) is -0.115. The Morgan fingerprint density at radius 1 is 1.67 bits per heavy atom. The Hall–Kier alpha value is -1.07. The van der Waals surface area contributed by atoms with Crippen LogP contribution < -0.4 is 0 Å². The molecule has 1 heterocycles. The third-order valence-corrected chi connectivity index (χ3v) is 3.22. The average molecular weight is 227 g/mol. The quantitative estimate of drug-likeness (QED) is 0.746. The van der Waals surface area contributed by atoms with Crippen LogP contribution in [-0.2, 0) is 0 Å². The highest BCUT2D eigenvalue weighted by atomic mass is 32.2. The SMILES string of the molecule is CC(CO)CSc1cnccc1C(=O)O. The third kappa shape index (κ3) is 3.53. The number of nitrogens with zero attached hydrogens (tertiary/aromatic N) is 1. The molecule has 4 nitrogen and oxygen atoms in total. The van der Waals surface area contributed by atoms with E-state index in [1.807, 2.05) is 6.92 Å². The molecule has 0 aliphatic heterocycles. The van der Waals surface area contributed by atoms with Gasteiger partial charge >= 0.3 is 5.97 Å². The van der Waals surface area contributed by atoms with Crippen LogP contribution in [0.2, 0.25) is 0 Å². The molecule has 0 aliphatic rings. The molecule has 82 valence electrons. The Labute approximate surface area is 92.3 Å². The molecule has 1 unspecified atom stereocenters. The number of aliphatic hydroxyl groups is 1. The molecule has 0 spiro atoms. The largest absolute Gasteiger partial charge is 0.478 e. The number of aliphatic hydroxyl groups excluding tert-OH is 1. The van der Waals surface area contributed by atoms with Gasteiger partial charge in [0.05, 0.1) is 5.56 Å². The summed E-state index contributed by atoms with van der Waals surface area (Å²) in [6.45, 7) is 2.01. The summed E-state index contributed by atoms with van der Waals surface area (Å²) >= 11 is 1.40. The highest BCUT2D eigenvalue weighted by Crippen LogP contribution is 2.23. The van der Waals surface area contributed by atoms with Crippen molar-refractivity contribution in [2.24, 2.45) is 5.92 Å². The van der Waals surface area contributed by atoms with E-state index in [1.54, 1.807) is 0 Å². The van der Waals surface area contributed by atoms with E-state index in [9.17, 15) is 4.79 Å². The summed E-state index contributed by atoms with van der Waals surface area (Å²) in [4.78, 5) is 15.4. The lowest BCUT2D eigenvalue weighted by Gasteiger charge is -2.08. The fraction of sp³-hybridized carbons (Fsp3) is 0.400. The molecule has 1 aromatic heterocycles. The van der Waals surface area contributed by atoms with Crippen molar-refractivity contribution >= 4 is 17.7 Å². The number of aromatic nitrogens is 1. The molecule has 1 aromatic rings. The predicted molar refractivity (Wildman–Crippen MR) is 58.2 cm³/mol. The van der Waals surface area contributed by atoms with Gasteiger partial charge in [-0.15, -0.1) is 11.8 Å². The van der Waals surface area contributed by atoms with Gasteiger partial charge in [-0.1, -0.05) is 6.92 Å². The van der Waals surface area contributed by atoms with Crippen molar-refractivity contribution < 1.29 is 15.0 Å². The number of thioether (sulfide) groups is 1. The Bertz CT molecular complexity index is 343. The van der Waals surface area contributed by atoms with Crippen LogP contribution in [0.4, 0.5) is 0 Å². The minimum absolute atomic E-state index is 0.107. The average Bonchev–Trinajstić information content (AvgIpc) is 2.26. The van der Waals surface area contributed by atoms with E-state index in [4.69, 9.17) is 10.2 Å². The van der Waals surface area contributed by atoms with Crippen molar-refractivity contribution in [3.05, 3.63) is 24.0 Å². The maximum atomic E-state index is 10.8. The lowest BCUT2D eigenvalue weighted by molar-refractivity contribution is 0.0693. The summed E-state index contributed by atoms with van der Waals surface area (Å²) in [6.07, 6.45) is 3.00. The van der Waals surface area contributed by atoms with Crippen LogP contribution in [0.15, 0.2) is 23.4 Å². The molecule has 0 aliphatic carbocycles. The van der Waals surface area contributed by atoms with E-state index < -0.39 is 5.97 Å². The first kappa shape index (κ1) is 12.0. The standard InChI is InChI=1S/C10H13NO3S/c1-7(5-12)6-15-9-4-11-3-2-8(9)10(13)14/h2-4,7,12H,5-6H2,1H3,(H,13,14). The fourth-order valence-corrected chi connectivity index (χ4v) is 1.97. The molecule has 2 N–H and O–H groups in total. The topological polar surface area (TPSA) is 70.4 Å². The zero-order valence-electron chi connectivity index (χ0n) is 8.38. The van der Waals surface area contributed by atoms with Crippen molar-refractivity contribution in [3.8, 4) is 0 Å². The molecule has 15 heavy (non-hydrogen) atoms. The van der Waals surface area contributed by atoms with Crippen molar-refractivity contribution in [2.75, 3.05) is 12.4 Å². The summed E-state index contributed by atoms with van der Waals surface area (Å²) in [5.41, 5.74) is 0.264. The first-order chi connectivity index (χ1) is 7.15. The maximum absolute atomic E-state index is 10.8. The van der Waals surface area contributed by atoms with Gasteiger partial charge in [-0.3, -0.25) is 4.98 Å². The van der Waals surface area contributed by atoms with Crippen molar-refractivity contribution in [3.63, 3.8) is 0 Å². The van der Waals surface area contributed by atoms with Crippen LogP contribution >= 0.6 is 11.8 Å². The van der Waals surface area contributed by atoms with Gasteiger partial charge in [-0.25, -0.2) is 4.79 Å². The van der Waals surface area contributed by atoms with Gasteiger partial charge in [-0.05, 0) is 12.0 Å². The predicted octanol–water partition coefficient (Wildman–Crippen LogP) is 1.50. The third-order valence-electron chi connectivity index (χ3n) is 1.85. The van der Waals surface area contributed by atoms with Crippen LogP contribution in [0.3, 0.4) is 0 Å². The summed E-state index contributed by atoms with van der Waals surface area (Å²) in [5, 5.41) is 17.7. The molecule has 0 amide bonds. The van der Waals surface area contributed by atoms with Crippen molar-refractivity contribution in [1.29, 1.82) is 0 Å². The second-order valence-electron chi connectivity index (χ2n) is 3.28. The molecule has 1 rings (SSSR count). The second-order valence-corrected chi connectivity index (χ2v) is 4.34. The van der Waals surface area contributed by atoms with Crippen molar-refractivity contribution in [2.45, 2.75) is 11.8 Å². The van der Waals surface area contributed by atoms with Gasteiger partial charge in [0, 0.05) is 29.6 Å². The van der Waals surface area contributed by atoms with Crippen LogP contribution in [-0.4, -0.2) is 33.5 Å². The van der Waals surface area contributed by atoms with Gasteiger partial charge in [0.1, 0.15) is 0 Å². The molecule has 5 heteroatoms. The molecule has 1 atom stereocenters. The lowest BCUT2D eigenvalue weighted by atomic mass is 10.2. The first-order valence-electron chi connectivity index (χ1n) is 4.56. The summed E-state index contributed by atoms with van der Waals surface area (Å²) in [6, 6.07) is 1.48. The molecular weight excluding hydrogens is 214 g/mol. The normalized spacial score (nSPS) is 12.4. The highest BCUT2D eigenvalue weighted by molar-refractivity contribution is 7.99. The van der Waals surface area contributed by atoms with E-state index in [-0.39, 0.29) is 18.1 Å². The Morgan fingerprint density at radius 3 is 3.00 bits per heavy atom. The number of hydrogen-bond donors (Lipinski definition) is 2. The molecule has 0 bridgehead atoms. The van der Waals surface area contributed by atoms with Crippen LogP contribution in [0.5, 0.6) is 0 Å².